The first-order valence-corrected chi connectivity index (χ1v) is 11.0. The minimum atomic E-state index is -0.0194. The van der Waals surface area contributed by atoms with Crippen LogP contribution in [0, 0.1) is 13.8 Å². The Balaban J connectivity index is 2.02. The summed E-state index contributed by atoms with van der Waals surface area (Å²) in [5.41, 5.74) is 3.64. The van der Waals surface area contributed by atoms with Crippen molar-refractivity contribution in [2.75, 3.05) is 26.2 Å². The van der Waals surface area contributed by atoms with Gasteiger partial charge in [-0.25, -0.2) is 0 Å². The van der Waals surface area contributed by atoms with Crippen LogP contribution in [0.5, 0.6) is 0 Å². The van der Waals surface area contributed by atoms with E-state index in [2.05, 4.69) is 76.0 Å². The van der Waals surface area contributed by atoms with E-state index in [9.17, 15) is 0 Å². The van der Waals surface area contributed by atoms with Crippen LogP contribution in [-0.4, -0.2) is 70.6 Å². The van der Waals surface area contributed by atoms with Gasteiger partial charge in [0.2, 0.25) is 0 Å². The van der Waals surface area contributed by atoms with Crippen molar-refractivity contribution in [2.45, 2.75) is 85.6 Å². The number of nitrogens with zero attached hydrogens (tertiary/aromatic N) is 4. The molecule has 0 saturated carbocycles. The summed E-state index contributed by atoms with van der Waals surface area (Å²) in [4.78, 5) is 7.44. The third kappa shape index (κ3) is 6.44. The number of nitrogens with one attached hydrogen (secondary N) is 2. The molecule has 0 aliphatic carbocycles. The lowest BCUT2D eigenvalue weighted by Crippen LogP contribution is -2.56. The van der Waals surface area contributed by atoms with E-state index in [1.165, 1.54) is 11.3 Å². The second kappa shape index (κ2) is 9.94. The van der Waals surface area contributed by atoms with Crippen LogP contribution in [0.1, 0.15) is 58.5 Å². The number of hydrogen-bond acceptors (Lipinski definition) is 4. The lowest BCUT2D eigenvalue weighted by Gasteiger charge is -2.44. The first-order chi connectivity index (χ1) is 13.5. The molecule has 2 N–H and O–H groups in total. The summed E-state index contributed by atoms with van der Waals surface area (Å²) in [6.45, 7) is 20.9. The van der Waals surface area contributed by atoms with Crippen molar-refractivity contribution in [3.63, 3.8) is 0 Å². The minimum Gasteiger partial charge on any atom is -0.373 e. The molecule has 0 bridgehead atoms. The van der Waals surface area contributed by atoms with Gasteiger partial charge in [-0.05, 0) is 67.4 Å². The number of rotatable bonds is 7. The van der Waals surface area contributed by atoms with E-state index in [0.717, 1.165) is 44.3 Å². The fourth-order valence-electron chi connectivity index (χ4n) is 4.07. The summed E-state index contributed by atoms with van der Waals surface area (Å²) < 4.78 is 7.86. The maximum absolute atomic E-state index is 5.90. The molecule has 3 atom stereocenters. The topological polar surface area (TPSA) is 66.7 Å². The minimum absolute atomic E-state index is 0.0194. The van der Waals surface area contributed by atoms with Gasteiger partial charge in [-0.15, -0.1) is 0 Å². The molecule has 1 saturated heterocycles. The highest BCUT2D eigenvalue weighted by Crippen LogP contribution is 2.21. The molecule has 0 aromatic carbocycles. The molecular formula is C22H42N6O. The fraction of sp³-hybridized carbons (Fsp3) is 0.818. The Kier molecular flexibility index (Phi) is 8.11. The van der Waals surface area contributed by atoms with Gasteiger partial charge < -0.3 is 15.4 Å². The molecule has 7 heteroatoms. The molecule has 1 aliphatic heterocycles. The fourth-order valence-corrected chi connectivity index (χ4v) is 4.07. The van der Waals surface area contributed by atoms with Crippen LogP contribution < -0.4 is 10.6 Å². The Morgan fingerprint density at radius 2 is 1.90 bits per heavy atom. The molecule has 0 amide bonds. The number of hydrogen-bond donors (Lipinski definition) is 2. The lowest BCUT2D eigenvalue weighted by atomic mass is 10.0. The van der Waals surface area contributed by atoms with Crippen LogP contribution in [0.2, 0.25) is 0 Å². The van der Waals surface area contributed by atoms with Gasteiger partial charge in [-0.1, -0.05) is 0 Å². The molecular weight excluding hydrogens is 364 g/mol. The van der Waals surface area contributed by atoms with Crippen molar-refractivity contribution >= 4 is 5.96 Å². The quantitative estimate of drug-likeness (QED) is 0.538. The molecule has 166 valence electrons. The predicted molar refractivity (Wildman–Crippen MR) is 121 cm³/mol. The van der Waals surface area contributed by atoms with Crippen LogP contribution >= 0.6 is 0 Å². The number of ether oxygens (including phenoxy) is 1. The second-order valence-corrected chi connectivity index (χ2v) is 9.19. The Labute approximate surface area is 177 Å². The van der Waals surface area contributed by atoms with Crippen molar-refractivity contribution in [1.82, 2.24) is 25.3 Å². The number of aryl methyl sites for hydroxylation is 2. The first-order valence-electron chi connectivity index (χ1n) is 11.0. The third-order valence-corrected chi connectivity index (χ3v) is 5.80. The van der Waals surface area contributed by atoms with E-state index in [1.807, 2.05) is 11.7 Å². The van der Waals surface area contributed by atoms with Crippen molar-refractivity contribution in [3.8, 4) is 0 Å². The van der Waals surface area contributed by atoms with Gasteiger partial charge in [0.15, 0.2) is 5.96 Å². The molecule has 7 nitrogen and oxygen atoms in total. The van der Waals surface area contributed by atoms with Gasteiger partial charge in [-0.2, -0.15) is 5.10 Å². The average Bonchev–Trinajstić information content (AvgIpc) is 2.85. The zero-order chi connectivity index (χ0) is 21.8. The Hall–Kier alpha value is -1.60. The van der Waals surface area contributed by atoms with E-state index < -0.39 is 0 Å². The van der Waals surface area contributed by atoms with Crippen LogP contribution in [0.3, 0.4) is 0 Å². The zero-order valence-corrected chi connectivity index (χ0v) is 20.0. The second-order valence-electron chi connectivity index (χ2n) is 9.19. The highest BCUT2D eigenvalue weighted by Gasteiger charge is 2.33. The predicted octanol–water partition coefficient (Wildman–Crippen LogP) is 2.41. The molecule has 29 heavy (non-hydrogen) atoms. The van der Waals surface area contributed by atoms with Gasteiger partial charge >= 0.3 is 0 Å². The molecule has 1 aromatic rings. The first kappa shape index (κ1) is 23.7. The third-order valence-electron chi connectivity index (χ3n) is 5.80. The van der Waals surface area contributed by atoms with Gasteiger partial charge in [0.05, 0.1) is 24.4 Å². The molecule has 2 rings (SSSR count). The summed E-state index contributed by atoms with van der Waals surface area (Å²) in [6, 6.07) is 0.265. The number of morpholine rings is 1. The van der Waals surface area contributed by atoms with Gasteiger partial charge in [0.25, 0.3) is 0 Å². The summed E-state index contributed by atoms with van der Waals surface area (Å²) in [7, 11) is 2.00. The van der Waals surface area contributed by atoms with E-state index in [0.29, 0.717) is 0 Å². The van der Waals surface area contributed by atoms with Crippen LogP contribution in [0.15, 0.2) is 4.99 Å². The van der Waals surface area contributed by atoms with Crippen molar-refractivity contribution in [3.05, 3.63) is 17.0 Å². The highest BCUT2D eigenvalue weighted by atomic mass is 16.5. The van der Waals surface area contributed by atoms with Gasteiger partial charge in [-0.3, -0.25) is 14.6 Å². The van der Waals surface area contributed by atoms with Crippen LogP contribution in [0.25, 0.3) is 0 Å². The Morgan fingerprint density at radius 3 is 2.41 bits per heavy atom. The average molecular weight is 407 g/mol. The number of aromatic nitrogens is 2. The molecule has 1 aromatic heterocycles. The standard InChI is InChI=1S/C22H42N6O/c1-10-23-21(25-15(2)11-20-18(5)26-27(9)19(20)6)24-14-22(7,8)28-12-16(3)29-17(4)13-28/h15-17H,10-14H2,1-9H3,(H2,23,24,25). The monoisotopic (exact) mass is 406 g/mol. The van der Waals surface area contributed by atoms with Crippen molar-refractivity contribution < 1.29 is 4.74 Å². The molecule has 1 fully saturated rings. The maximum Gasteiger partial charge on any atom is 0.191 e. The normalized spacial score (nSPS) is 22.6. The lowest BCUT2D eigenvalue weighted by molar-refractivity contribution is -0.0939. The van der Waals surface area contributed by atoms with E-state index in [-0.39, 0.29) is 23.8 Å². The van der Waals surface area contributed by atoms with Gasteiger partial charge in [0.1, 0.15) is 0 Å². The maximum atomic E-state index is 5.90. The van der Waals surface area contributed by atoms with Crippen molar-refractivity contribution in [1.29, 1.82) is 0 Å². The smallest absolute Gasteiger partial charge is 0.191 e. The summed E-state index contributed by atoms with van der Waals surface area (Å²) in [5, 5.41) is 11.5. The van der Waals surface area contributed by atoms with Crippen molar-refractivity contribution in [2.24, 2.45) is 12.0 Å². The molecule has 0 spiro atoms. The summed E-state index contributed by atoms with van der Waals surface area (Å²) >= 11 is 0. The molecule has 3 unspecified atom stereocenters. The Morgan fingerprint density at radius 1 is 1.28 bits per heavy atom. The largest absolute Gasteiger partial charge is 0.373 e. The molecule has 0 radical (unpaired) electrons. The van der Waals surface area contributed by atoms with E-state index in [4.69, 9.17) is 9.73 Å². The number of aliphatic imine (C=N–C) groups is 1. The number of guanidine groups is 1. The van der Waals surface area contributed by atoms with Gasteiger partial charge in [0, 0.05) is 44.0 Å². The van der Waals surface area contributed by atoms with E-state index >= 15 is 0 Å². The SMILES string of the molecule is CCNC(=NCC(C)(C)N1CC(C)OC(C)C1)NC(C)Cc1c(C)nn(C)c1C. The Bertz CT molecular complexity index is 686. The zero-order valence-electron chi connectivity index (χ0n) is 20.0. The highest BCUT2D eigenvalue weighted by molar-refractivity contribution is 5.80. The van der Waals surface area contributed by atoms with Crippen LogP contribution in [0.4, 0.5) is 0 Å². The summed E-state index contributed by atoms with van der Waals surface area (Å²) in [5.74, 6) is 0.877. The van der Waals surface area contributed by atoms with Crippen LogP contribution in [-0.2, 0) is 18.2 Å². The van der Waals surface area contributed by atoms with E-state index in [1.54, 1.807) is 0 Å². The summed E-state index contributed by atoms with van der Waals surface area (Å²) in [6.07, 6.45) is 1.45. The molecule has 1 aliphatic rings. The molecule has 2 heterocycles.